The first-order chi connectivity index (χ1) is 14.8. The molecule has 0 radical (unpaired) electrons. The zero-order valence-corrected chi connectivity index (χ0v) is 17.9. The van der Waals surface area contributed by atoms with Gasteiger partial charge in [0.1, 0.15) is 5.82 Å². The van der Waals surface area contributed by atoms with Gasteiger partial charge < -0.3 is 10.4 Å². The maximum absolute atomic E-state index is 13.3. The Hall–Kier alpha value is -3.22. The lowest BCUT2D eigenvalue weighted by Crippen LogP contribution is -2.39. The monoisotopic (exact) mass is 440 g/mol. The van der Waals surface area contributed by atoms with Crippen molar-refractivity contribution in [3.05, 3.63) is 93.8 Å². The summed E-state index contributed by atoms with van der Waals surface area (Å²) in [5.41, 5.74) is 3.49. The van der Waals surface area contributed by atoms with E-state index in [0.29, 0.717) is 22.5 Å². The van der Waals surface area contributed by atoms with E-state index in [1.807, 2.05) is 6.92 Å². The molecule has 160 valence electrons. The fraction of sp³-hybridized carbons (Fsp3) is 0.167. The van der Waals surface area contributed by atoms with E-state index in [0.717, 1.165) is 10.5 Å². The van der Waals surface area contributed by atoms with Crippen LogP contribution in [0.1, 0.15) is 31.8 Å². The third-order valence-corrected chi connectivity index (χ3v) is 5.09. The highest BCUT2D eigenvalue weighted by Gasteiger charge is 2.25. The van der Waals surface area contributed by atoms with Crippen molar-refractivity contribution in [2.45, 2.75) is 13.8 Å². The molecule has 0 aliphatic rings. The van der Waals surface area contributed by atoms with Crippen molar-refractivity contribution in [1.29, 1.82) is 0 Å². The topological polar surface area (TPSA) is 69.6 Å². The molecule has 0 fully saturated rings. The number of halogens is 2. The highest BCUT2D eigenvalue weighted by molar-refractivity contribution is 6.34. The van der Waals surface area contributed by atoms with Crippen LogP contribution >= 0.6 is 11.6 Å². The number of imide groups is 1. The summed E-state index contributed by atoms with van der Waals surface area (Å²) in [6.07, 6.45) is 0. The largest absolute Gasteiger partial charge is 0.395 e. The van der Waals surface area contributed by atoms with Crippen LogP contribution in [0, 0.1) is 19.7 Å². The van der Waals surface area contributed by atoms with E-state index < -0.39 is 11.8 Å². The van der Waals surface area contributed by atoms with Crippen molar-refractivity contribution < 1.29 is 19.1 Å². The van der Waals surface area contributed by atoms with Gasteiger partial charge in [0, 0.05) is 16.9 Å². The fourth-order valence-electron chi connectivity index (χ4n) is 3.08. The Balaban J connectivity index is 1.85. The molecule has 0 spiro atoms. The van der Waals surface area contributed by atoms with Crippen molar-refractivity contribution in [1.82, 2.24) is 4.90 Å². The number of aliphatic hydroxyl groups excluding tert-OH is 1. The lowest BCUT2D eigenvalue weighted by atomic mass is 10.1. The van der Waals surface area contributed by atoms with E-state index in [1.165, 1.54) is 18.2 Å². The number of rotatable bonds is 6. The lowest BCUT2D eigenvalue weighted by molar-refractivity contribution is 0.0586. The summed E-state index contributed by atoms with van der Waals surface area (Å²) >= 11 is 6.35. The molecule has 0 heterocycles. The molecule has 0 saturated carbocycles. The van der Waals surface area contributed by atoms with Gasteiger partial charge in [0.05, 0.1) is 23.7 Å². The van der Waals surface area contributed by atoms with Gasteiger partial charge in [0.15, 0.2) is 0 Å². The summed E-state index contributed by atoms with van der Waals surface area (Å²) in [5, 5.41) is 12.7. The maximum Gasteiger partial charge on any atom is 0.262 e. The van der Waals surface area contributed by atoms with Crippen LogP contribution in [-0.2, 0) is 0 Å². The van der Waals surface area contributed by atoms with Crippen LogP contribution in [0.25, 0.3) is 0 Å². The van der Waals surface area contributed by atoms with Crippen LogP contribution in [0.2, 0.25) is 5.02 Å². The molecule has 0 atom stereocenters. The number of anilines is 2. The lowest BCUT2D eigenvalue weighted by Gasteiger charge is -2.21. The van der Waals surface area contributed by atoms with Gasteiger partial charge in [0.2, 0.25) is 0 Å². The van der Waals surface area contributed by atoms with Gasteiger partial charge in [-0.3, -0.25) is 14.5 Å². The summed E-state index contributed by atoms with van der Waals surface area (Å²) in [7, 11) is 0. The Kier molecular flexibility index (Phi) is 7.05. The predicted octanol–water partition coefficient (Wildman–Crippen LogP) is 5.11. The molecule has 2 amide bonds. The van der Waals surface area contributed by atoms with Crippen molar-refractivity contribution >= 4 is 34.8 Å². The Morgan fingerprint density at radius 2 is 1.71 bits per heavy atom. The minimum absolute atomic E-state index is 0.136. The van der Waals surface area contributed by atoms with Crippen LogP contribution in [0.5, 0.6) is 0 Å². The van der Waals surface area contributed by atoms with E-state index in [1.54, 1.807) is 49.4 Å². The molecule has 3 aromatic carbocycles. The molecule has 0 aromatic heterocycles. The van der Waals surface area contributed by atoms with Crippen LogP contribution in [0.4, 0.5) is 15.8 Å². The SMILES string of the molecule is Cc1ccc(C(=O)N(CCO)C(=O)c2ccc(Nc3ccc(F)cc3C)cc2Cl)cc1. The normalized spacial score (nSPS) is 10.6. The van der Waals surface area contributed by atoms with E-state index >= 15 is 0 Å². The predicted molar refractivity (Wildman–Crippen MR) is 120 cm³/mol. The van der Waals surface area contributed by atoms with E-state index in [4.69, 9.17) is 11.6 Å². The Labute approximate surface area is 185 Å². The van der Waals surface area contributed by atoms with E-state index in [-0.39, 0.29) is 29.6 Å². The second kappa shape index (κ2) is 9.73. The third-order valence-electron chi connectivity index (χ3n) is 4.78. The van der Waals surface area contributed by atoms with Crippen LogP contribution in [0.3, 0.4) is 0 Å². The number of aliphatic hydroxyl groups is 1. The third kappa shape index (κ3) is 5.29. The molecule has 2 N–H and O–H groups in total. The van der Waals surface area contributed by atoms with Crippen molar-refractivity contribution in [2.24, 2.45) is 0 Å². The average molecular weight is 441 g/mol. The quantitative estimate of drug-likeness (QED) is 0.522. The highest BCUT2D eigenvalue weighted by Crippen LogP contribution is 2.27. The van der Waals surface area contributed by atoms with Crippen LogP contribution in [0.15, 0.2) is 60.7 Å². The zero-order chi connectivity index (χ0) is 22.5. The summed E-state index contributed by atoms with van der Waals surface area (Å²) < 4.78 is 13.3. The van der Waals surface area contributed by atoms with E-state index in [2.05, 4.69) is 5.32 Å². The second-order valence-electron chi connectivity index (χ2n) is 7.13. The number of hydrogen-bond donors (Lipinski definition) is 2. The molecular formula is C24H22ClFN2O3. The van der Waals surface area contributed by atoms with E-state index in [9.17, 15) is 19.1 Å². The Morgan fingerprint density at radius 1 is 1.00 bits per heavy atom. The molecule has 5 nitrogen and oxygen atoms in total. The van der Waals surface area contributed by atoms with Crippen molar-refractivity contribution in [3.8, 4) is 0 Å². The van der Waals surface area contributed by atoms with Crippen molar-refractivity contribution in [3.63, 3.8) is 0 Å². The average Bonchev–Trinajstić information content (AvgIpc) is 2.74. The molecular weight excluding hydrogens is 419 g/mol. The van der Waals surface area contributed by atoms with Gasteiger partial charge in [-0.25, -0.2) is 4.39 Å². The Morgan fingerprint density at radius 3 is 2.32 bits per heavy atom. The first-order valence-electron chi connectivity index (χ1n) is 9.66. The molecule has 0 saturated heterocycles. The minimum Gasteiger partial charge on any atom is -0.395 e. The minimum atomic E-state index is -0.603. The summed E-state index contributed by atoms with van der Waals surface area (Å²) in [6, 6.07) is 15.9. The zero-order valence-electron chi connectivity index (χ0n) is 17.2. The molecule has 31 heavy (non-hydrogen) atoms. The molecule has 0 aliphatic heterocycles. The number of carbonyl (C=O) groups is 2. The van der Waals surface area contributed by atoms with Gasteiger partial charge in [-0.2, -0.15) is 0 Å². The maximum atomic E-state index is 13.3. The van der Waals surface area contributed by atoms with Crippen molar-refractivity contribution in [2.75, 3.05) is 18.5 Å². The summed E-state index contributed by atoms with van der Waals surface area (Å²) in [6.45, 7) is 3.14. The Bertz CT molecular complexity index is 1120. The first kappa shape index (κ1) is 22.5. The standard InChI is InChI=1S/C24H22ClFN2O3/c1-15-3-5-17(6-4-15)23(30)28(11-12-29)24(31)20-9-8-19(14-21(20)25)27-22-10-7-18(26)13-16(22)2/h3-10,13-14,27,29H,11-12H2,1-2H3. The number of carbonyl (C=O) groups excluding carboxylic acids is 2. The van der Waals surface area contributed by atoms with Gasteiger partial charge in [-0.15, -0.1) is 0 Å². The number of nitrogens with one attached hydrogen (secondary N) is 1. The van der Waals surface area contributed by atoms with Gasteiger partial charge >= 0.3 is 0 Å². The van der Waals surface area contributed by atoms with Crippen LogP contribution in [-0.4, -0.2) is 35.0 Å². The second-order valence-corrected chi connectivity index (χ2v) is 7.54. The molecule has 0 aliphatic carbocycles. The number of nitrogens with zero attached hydrogens (tertiary/aromatic N) is 1. The highest BCUT2D eigenvalue weighted by atomic mass is 35.5. The number of amides is 2. The molecule has 0 bridgehead atoms. The fourth-order valence-corrected chi connectivity index (χ4v) is 3.34. The molecule has 0 unspecified atom stereocenters. The number of aryl methyl sites for hydroxylation is 2. The number of benzene rings is 3. The van der Waals surface area contributed by atoms with Crippen LogP contribution < -0.4 is 5.32 Å². The molecule has 3 aromatic rings. The summed E-state index contributed by atoms with van der Waals surface area (Å²) in [5.74, 6) is -1.45. The number of hydrogen-bond acceptors (Lipinski definition) is 4. The smallest absolute Gasteiger partial charge is 0.262 e. The first-order valence-corrected chi connectivity index (χ1v) is 10.0. The van der Waals surface area contributed by atoms with Gasteiger partial charge in [0.25, 0.3) is 11.8 Å². The van der Waals surface area contributed by atoms with Gasteiger partial charge in [-0.05, 0) is 67.9 Å². The van der Waals surface area contributed by atoms with Gasteiger partial charge in [-0.1, -0.05) is 29.3 Å². The summed E-state index contributed by atoms with van der Waals surface area (Å²) in [4.78, 5) is 26.9. The molecule has 3 rings (SSSR count). The molecule has 7 heteroatoms.